The van der Waals surface area contributed by atoms with Crippen LogP contribution in [0.2, 0.25) is 0 Å². The molecule has 1 amide bonds. The van der Waals surface area contributed by atoms with Crippen molar-refractivity contribution in [1.82, 2.24) is 10.2 Å². The Hall–Kier alpha value is -1.75. The molecule has 1 heterocycles. The summed E-state index contributed by atoms with van der Waals surface area (Å²) in [4.78, 5) is 14.0. The second-order valence-corrected chi connectivity index (χ2v) is 5.17. The SMILES string of the molecule is COc1ccc(CCCC(=O)N2CCNCC2)cc1OC. The lowest BCUT2D eigenvalue weighted by atomic mass is 10.1. The minimum atomic E-state index is 0.261. The number of ether oxygens (including phenoxy) is 2. The average molecular weight is 292 g/mol. The van der Waals surface area contributed by atoms with E-state index >= 15 is 0 Å². The fraction of sp³-hybridized carbons (Fsp3) is 0.562. The Bertz CT molecular complexity index is 471. The average Bonchev–Trinajstić information content (AvgIpc) is 2.55. The number of amides is 1. The molecule has 0 aromatic heterocycles. The molecular weight excluding hydrogens is 268 g/mol. The molecule has 1 aliphatic heterocycles. The van der Waals surface area contributed by atoms with Crippen molar-refractivity contribution in [3.05, 3.63) is 23.8 Å². The second kappa shape index (κ2) is 7.88. The van der Waals surface area contributed by atoms with E-state index in [4.69, 9.17) is 9.47 Å². The Morgan fingerprint density at radius 2 is 1.90 bits per heavy atom. The molecule has 0 radical (unpaired) electrons. The Morgan fingerprint density at radius 3 is 2.57 bits per heavy atom. The van der Waals surface area contributed by atoms with Crippen LogP contribution in [0.5, 0.6) is 11.5 Å². The van der Waals surface area contributed by atoms with Gasteiger partial charge in [-0.15, -0.1) is 0 Å². The van der Waals surface area contributed by atoms with Crippen molar-refractivity contribution < 1.29 is 14.3 Å². The van der Waals surface area contributed by atoms with E-state index in [0.717, 1.165) is 50.5 Å². The quantitative estimate of drug-likeness (QED) is 0.862. The molecule has 2 rings (SSSR count). The number of carbonyl (C=O) groups is 1. The molecule has 5 nitrogen and oxygen atoms in total. The number of piperazine rings is 1. The lowest BCUT2D eigenvalue weighted by Gasteiger charge is -2.27. The number of nitrogens with one attached hydrogen (secondary N) is 1. The zero-order valence-corrected chi connectivity index (χ0v) is 12.9. The summed E-state index contributed by atoms with van der Waals surface area (Å²) in [6.07, 6.45) is 2.34. The van der Waals surface area contributed by atoms with Gasteiger partial charge >= 0.3 is 0 Å². The van der Waals surface area contributed by atoms with Gasteiger partial charge in [-0.25, -0.2) is 0 Å². The van der Waals surface area contributed by atoms with Gasteiger partial charge in [-0.05, 0) is 30.5 Å². The maximum atomic E-state index is 12.1. The normalized spacial score (nSPS) is 14.9. The van der Waals surface area contributed by atoms with Crippen molar-refractivity contribution in [3.8, 4) is 11.5 Å². The Balaban J connectivity index is 1.81. The number of hydrogen-bond acceptors (Lipinski definition) is 4. The molecule has 0 spiro atoms. The lowest BCUT2D eigenvalue weighted by Crippen LogP contribution is -2.46. The van der Waals surface area contributed by atoms with Crippen LogP contribution in [0, 0.1) is 0 Å². The van der Waals surface area contributed by atoms with Crippen molar-refractivity contribution >= 4 is 5.91 Å². The molecule has 1 N–H and O–H groups in total. The molecule has 116 valence electrons. The molecule has 0 saturated carbocycles. The van der Waals surface area contributed by atoms with E-state index in [-0.39, 0.29) is 5.91 Å². The highest BCUT2D eigenvalue weighted by molar-refractivity contribution is 5.76. The van der Waals surface area contributed by atoms with Crippen LogP contribution >= 0.6 is 0 Å². The van der Waals surface area contributed by atoms with Crippen molar-refractivity contribution in [1.29, 1.82) is 0 Å². The van der Waals surface area contributed by atoms with Gasteiger partial charge in [-0.1, -0.05) is 6.07 Å². The molecule has 1 aromatic rings. The van der Waals surface area contributed by atoms with Crippen LogP contribution in [0.25, 0.3) is 0 Å². The summed E-state index contributed by atoms with van der Waals surface area (Å²) >= 11 is 0. The van der Waals surface area contributed by atoms with Gasteiger partial charge in [0.05, 0.1) is 14.2 Å². The van der Waals surface area contributed by atoms with Gasteiger partial charge in [0, 0.05) is 32.6 Å². The highest BCUT2D eigenvalue weighted by atomic mass is 16.5. The second-order valence-electron chi connectivity index (χ2n) is 5.17. The number of rotatable bonds is 6. The smallest absolute Gasteiger partial charge is 0.222 e. The standard InChI is InChI=1S/C16H24N2O3/c1-20-14-7-6-13(12-15(14)21-2)4-3-5-16(19)18-10-8-17-9-11-18/h6-7,12,17H,3-5,8-11H2,1-2H3. The van der Waals surface area contributed by atoms with Crippen LogP contribution < -0.4 is 14.8 Å². The topological polar surface area (TPSA) is 50.8 Å². The van der Waals surface area contributed by atoms with E-state index in [1.807, 2.05) is 23.1 Å². The lowest BCUT2D eigenvalue weighted by molar-refractivity contribution is -0.131. The minimum absolute atomic E-state index is 0.261. The third-order valence-electron chi connectivity index (χ3n) is 3.77. The Morgan fingerprint density at radius 1 is 1.19 bits per heavy atom. The molecule has 0 atom stereocenters. The third kappa shape index (κ3) is 4.36. The predicted octanol–water partition coefficient (Wildman–Crippen LogP) is 1.46. The number of carbonyl (C=O) groups excluding carboxylic acids is 1. The van der Waals surface area contributed by atoms with Crippen molar-refractivity contribution in [2.24, 2.45) is 0 Å². The minimum Gasteiger partial charge on any atom is -0.493 e. The molecule has 1 fully saturated rings. The molecule has 1 aliphatic rings. The van der Waals surface area contributed by atoms with Crippen molar-refractivity contribution in [2.45, 2.75) is 19.3 Å². The Labute approximate surface area is 126 Å². The first-order chi connectivity index (χ1) is 10.2. The summed E-state index contributed by atoms with van der Waals surface area (Å²) in [5.41, 5.74) is 1.17. The van der Waals surface area contributed by atoms with Crippen LogP contribution in [0.1, 0.15) is 18.4 Å². The van der Waals surface area contributed by atoms with Gasteiger partial charge < -0.3 is 19.7 Å². The van der Waals surface area contributed by atoms with E-state index in [9.17, 15) is 4.79 Å². The number of aryl methyl sites for hydroxylation is 1. The van der Waals surface area contributed by atoms with Gasteiger partial charge in [0.2, 0.25) is 5.91 Å². The van der Waals surface area contributed by atoms with Crippen molar-refractivity contribution in [3.63, 3.8) is 0 Å². The van der Waals surface area contributed by atoms with Gasteiger partial charge in [-0.3, -0.25) is 4.79 Å². The first kappa shape index (κ1) is 15.6. The highest BCUT2D eigenvalue weighted by Crippen LogP contribution is 2.28. The molecule has 0 bridgehead atoms. The molecule has 5 heteroatoms. The van der Waals surface area contributed by atoms with Crippen molar-refractivity contribution in [2.75, 3.05) is 40.4 Å². The summed E-state index contributed by atoms with van der Waals surface area (Å²) < 4.78 is 10.5. The number of methoxy groups -OCH3 is 2. The molecular formula is C16H24N2O3. The number of hydrogen-bond donors (Lipinski definition) is 1. The third-order valence-corrected chi connectivity index (χ3v) is 3.77. The van der Waals surface area contributed by atoms with Gasteiger partial charge in [0.1, 0.15) is 0 Å². The molecule has 0 aliphatic carbocycles. The maximum absolute atomic E-state index is 12.1. The van der Waals surface area contributed by atoms with Crippen LogP contribution in [-0.4, -0.2) is 51.2 Å². The number of nitrogens with zero attached hydrogens (tertiary/aromatic N) is 1. The van der Waals surface area contributed by atoms with Crippen LogP contribution in [-0.2, 0) is 11.2 Å². The van der Waals surface area contributed by atoms with Gasteiger partial charge in [0.15, 0.2) is 11.5 Å². The Kier molecular flexibility index (Phi) is 5.87. The summed E-state index contributed by atoms with van der Waals surface area (Å²) in [5, 5.41) is 3.26. The first-order valence-corrected chi connectivity index (χ1v) is 7.44. The van der Waals surface area contributed by atoms with Crippen LogP contribution in [0.15, 0.2) is 18.2 Å². The molecule has 1 saturated heterocycles. The van der Waals surface area contributed by atoms with E-state index < -0.39 is 0 Å². The maximum Gasteiger partial charge on any atom is 0.222 e. The fourth-order valence-corrected chi connectivity index (χ4v) is 2.55. The molecule has 0 unspecified atom stereocenters. The molecule has 1 aromatic carbocycles. The first-order valence-electron chi connectivity index (χ1n) is 7.44. The zero-order valence-electron chi connectivity index (χ0n) is 12.9. The van der Waals surface area contributed by atoms with Crippen LogP contribution in [0.4, 0.5) is 0 Å². The van der Waals surface area contributed by atoms with Crippen LogP contribution in [0.3, 0.4) is 0 Å². The number of benzene rings is 1. The monoisotopic (exact) mass is 292 g/mol. The summed E-state index contributed by atoms with van der Waals surface area (Å²) in [7, 11) is 3.26. The van der Waals surface area contributed by atoms with Gasteiger partial charge in [0.25, 0.3) is 0 Å². The van der Waals surface area contributed by atoms with Gasteiger partial charge in [-0.2, -0.15) is 0 Å². The summed E-state index contributed by atoms with van der Waals surface area (Å²) in [6.45, 7) is 3.47. The fourth-order valence-electron chi connectivity index (χ4n) is 2.55. The van der Waals surface area contributed by atoms with E-state index in [0.29, 0.717) is 6.42 Å². The summed E-state index contributed by atoms with van der Waals surface area (Å²) in [6, 6.07) is 5.91. The largest absolute Gasteiger partial charge is 0.493 e. The molecule has 21 heavy (non-hydrogen) atoms. The van der Waals surface area contributed by atoms with E-state index in [1.54, 1.807) is 14.2 Å². The predicted molar refractivity (Wildman–Crippen MR) is 81.9 cm³/mol. The summed E-state index contributed by atoms with van der Waals surface area (Å²) in [5.74, 6) is 1.73. The zero-order chi connectivity index (χ0) is 15.1. The van der Waals surface area contributed by atoms with E-state index in [1.165, 1.54) is 5.56 Å². The van der Waals surface area contributed by atoms with E-state index in [2.05, 4.69) is 5.32 Å². The highest BCUT2D eigenvalue weighted by Gasteiger charge is 2.15.